The van der Waals surface area contributed by atoms with Crippen LogP contribution in [0, 0.1) is 13.8 Å². The van der Waals surface area contributed by atoms with Crippen molar-refractivity contribution in [2.45, 2.75) is 26.8 Å². The van der Waals surface area contributed by atoms with Crippen LogP contribution in [0.1, 0.15) is 29.7 Å². The Morgan fingerprint density at radius 2 is 1.91 bits per heavy atom. The van der Waals surface area contributed by atoms with Gasteiger partial charge in [0, 0.05) is 13.7 Å². The van der Waals surface area contributed by atoms with E-state index in [1.807, 2.05) is 26.0 Å². The molecule has 3 amide bonds. The topological polar surface area (TPSA) is 79.5 Å². The van der Waals surface area contributed by atoms with Crippen LogP contribution in [0.15, 0.2) is 18.2 Å². The molecule has 0 saturated heterocycles. The van der Waals surface area contributed by atoms with E-state index in [0.717, 1.165) is 5.56 Å². The molecule has 0 aliphatic carbocycles. The highest BCUT2D eigenvalue weighted by molar-refractivity contribution is 5.84. The standard InChI is InChI=1S/C16H25N3O3/c1-11-5-6-14(9-12(11)2)13(3)19-15(20)10-18-16(21)17-7-8-22-4/h5-6,9,13H,7-8,10H2,1-4H3,(H,19,20)(H2,17,18,21)/t13-/m0/s1. The molecule has 0 radical (unpaired) electrons. The molecule has 6 heteroatoms. The van der Waals surface area contributed by atoms with E-state index in [2.05, 4.69) is 28.9 Å². The summed E-state index contributed by atoms with van der Waals surface area (Å²) in [5.74, 6) is -0.229. The first-order valence-corrected chi connectivity index (χ1v) is 7.31. The second-order valence-corrected chi connectivity index (χ2v) is 5.24. The van der Waals surface area contributed by atoms with Gasteiger partial charge in [0.25, 0.3) is 0 Å². The lowest BCUT2D eigenvalue weighted by Gasteiger charge is -2.16. The molecule has 0 heterocycles. The van der Waals surface area contributed by atoms with Crippen LogP contribution < -0.4 is 16.0 Å². The molecule has 3 N–H and O–H groups in total. The molecule has 1 aromatic rings. The number of hydrogen-bond acceptors (Lipinski definition) is 3. The normalized spacial score (nSPS) is 11.6. The Bertz CT molecular complexity index is 517. The number of rotatable bonds is 7. The minimum atomic E-state index is -0.383. The third-order valence-electron chi connectivity index (χ3n) is 3.41. The Hall–Kier alpha value is -2.08. The lowest BCUT2D eigenvalue weighted by atomic mass is 10.0. The smallest absolute Gasteiger partial charge is 0.315 e. The number of methoxy groups -OCH3 is 1. The van der Waals surface area contributed by atoms with Crippen LogP contribution in [0.2, 0.25) is 0 Å². The predicted octanol–water partition coefficient (Wildman–Crippen LogP) is 1.43. The SMILES string of the molecule is COCCNC(=O)NCC(=O)N[C@@H](C)c1ccc(C)c(C)c1. The summed E-state index contributed by atoms with van der Waals surface area (Å²) in [6, 6.07) is 5.61. The predicted molar refractivity (Wildman–Crippen MR) is 85.8 cm³/mol. The molecule has 0 unspecified atom stereocenters. The Labute approximate surface area is 131 Å². The van der Waals surface area contributed by atoms with Gasteiger partial charge in [-0.3, -0.25) is 4.79 Å². The van der Waals surface area contributed by atoms with E-state index in [9.17, 15) is 9.59 Å². The average Bonchev–Trinajstić information content (AvgIpc) is 2.48. The zero-order chi connectivity index (χ0) is 16.5. The van der Waals surface area contributed by atoms with Gasteiger partial charge in [0.1, 0.15) is 0 Å². The fourth-order valence-corrected chi connectivity index (χ4v) is 1.90. The van der Waals surface area contributed by atoms with Crippen LogP contribution in [-0.4, -0.2) is 38.7 Å². The highest BCUT2D eigenvalue weighted by Gasteiger charge is 2.11. The largest absolute Gasteiger partial charge is 0.383 e. The molecule has 122 valence electrons. The number of urea groups is 1. The van der Waals surface area contributed by atoms with Gasteiger partial charge in [-0.15, -0.1) is 0 Å². The number of benzene rings is 1. The molecular weight excluding hydrogens is 282 g/mol. The number of aryl methyl sites for hydroxylation is 2. The Kier molecular flexibility index (Phi) is 7.39. The van der Waals surface area contributed by atoms with Crippen LogP contribution in [0.25, 0.3) is 0 Å². The maximum atomic E-state index is 11.8. The summed E-state index contributed by atoms with van der Waals surface area (Å²) in [7, 11) is 1.56. The molecule has 0 aliphatic heterocycles. The van der Waals surface area contributed by atoms with Crippen molar-refractivity contribution in [3.05, 3.63) is 34.9 Å². The maximum Gasteiger partial charge on any atom is 0.315 e. The molecule has 1 aromatic carbocycles. The van der Waals surface area contributed by atoms with E-state index in [1.54, 1.807) is 7.11 Å². The number of nitrogens with one attached hydrogen (secondary N) is 3. The van der Waals surface area contributed by atoms with E-state index in [0.29, 0.717) is 13.2 Å². The molecule has 0 bridgehead atoms. The fraction of sp³-hybridized carbons (Fsp3) is 0.500. The molecule has 1 atom stereocenters. The molecule has 6 nitrogen and oxygen atoms in total. The average molecular weight is 307 g/mol. The lowest BCUT2D eigenvalue weighted by molar-refractivity contribution is -0.120. The van der Waals surface area contributed by atoms with Crippen LogP contribution in [0.5, 0.6) is 0 Å². The van der Waals surface area contributed by atoms with Crippen molar-refractivity contribution in [3.63, 3.8) is 0 Å². The second-order valence-electron chi connectivity index (χ2n) is 5.24. The summed E-state index contributed by atoms with van der Waals surface area (Å²) in [4.78, 5) is 23.2. The van der Waals surface area contributed by atoms with E-state index >= 15 is 0 Å². The van der Waals surface area contributed by atoms with E-state index in [1.165, 1.54) is 11.1 Å². The van der Waals surface area contributed by atoms with Gasteiger partial charge >= 0.3 is 6.03 Å². The molecular formula is C16H25N3O3. The Morgan fingerprint density at radius 1 is 1.18 bits per heavy atom. The van der Waals surface area contributed by atoms with E-state index in [-0.39, 0.29) is 24.5 Å². The zero-order valence-electron chi connectivity index (χ0n) is 13.7. The third-order valence-corrected chi connectivity index (χ3v) is 3.41. The third kappa shape index (κ3) is 6.13. The first kappa shape index (κ1) is 18.0. The molecule has 0 aliphatic rings. The van der Waals surface area contributed by atoms with Crippen molar-refractivity contribution in [3.8, 4) is 0 Å². The first-order valence-electron chi connectivity index (χ1n) is 7.31. The van der Waals surface area contributed by atoms with Crippen molar-refractivity contribution in [2.75, 3.05) is 26.8 Å². The van der Waals surface area contributed by atoms with Gasteiger partial charge in [-0.1, -0.05) is 18.2 Å². The summed E-state index contributed by atoms with van der Waals surface area (Å²) in [5.41, 5.74) is 3.45. The zero-order valence-corrected chi connectivity index (χ0v) is 13.7. The van der Waals surface area contributed by atoms with Crippen LogP contribution >= 0.6 is 0 Å². The number of carbonyl (C=O) groups excluding carboxylic acids is 2. The summed E-state index contributed by atoms with van der Waals surface area (Å²) in [5, 5.41) is 7.94. The first-order chi connectivity index (χ1) is 10.4. The molecule has 22 heavy (non-hydrogen) atoms. The minimum absolute atomic E-state index is 0.0615. The maximum absolute atomic E-state index is 11.8. The number of amides is 3. The summed E-state index contributed by atoms with van der Waals surface area (Å²) in [6.45, 7) is 6.79. The Morgan fingerprint density at radius 3 is 2.55 bits per heavy atom. The van der Waals surface area contributed by atoms with Crippen LogP contribution in [-0.2, 0) is 9.53 Å². The lowest BCUT2D eigenvalue weighted by Crippen LogP contribution is -2.43. The monoisotopic (exact) mass is 307 g/mol. The van der Waals surface area contributed by atoms with E-state index in [4.69, 9.17) is 4.74 Å². The molecule has 0 saturated carbocycles. The van der Waals surface area contributed by atoms with Gasteiger partial charge in [-0.05, 0) is 37.5 Å². The van der Waals surface area contributed by atoms with Crippen molar-refractivity contribution in [1.82, 2.24) is 16.0 Å². The molecule has 0 fully saturated rings. The van der Waals surface area contributed by atoms with Crippen molar-refractivity contribution in [1.29, 1.82) is 0 Å². The van der Waals surface area contributed by atoms with Gasteiger partial charge in [0.2, 0.25) is 5.91 Å². The summed E-state index contributed by atoms with van der Waals surface area (Å²) < 4.78 is 4.82. The van der Waals surface area contributed by atoms with Gasteiger partial charge in [0.05, 0.1) is 19.2 Å². The quantitative estimate of drug-likeness (QED) is 0.667. The van der Waals surface area contributed by atoms with Gasteiger partial charge in [0.15, 0.2) is 0 Å². The van der Waals surface area contributed by atoms with Crippen LogP contribution in [0.3, 0.4) is 0 Å². The van der Waals surface area contributed by atoms with Gasteiger partial charge < -0.3 is 20.7 Å². The second kappa shape index (κ2) is 9.04. The number of hydrogen-bond donors (Lipinski definition) is 3. The van der Waals surface area contributed by atoms with E-state index < -0.39 is 0 Å². The van der Waals surface area contributed by atoms with Gasteiger partial charge in [-0.2, -0.15) is 0 Å². The molecule has 1 rings (SSSR count). The van der Waals surface area contributed by atoms with Crippen molar-refractivity contribution in [2.24, 2.45) is 0 Å². The summed E-state index contributed by atoms with van der Waals surface area (Å²) in [6.07, 6.45) is 0. The van der Waals surface area contributed by atoms with Crippen molar-refractivity contribution >= 4 is 11.9 Å². The number of ether oxygens (including phenoxy) is 1. The number of carbonyl (C=O) groups is 2. The minimum Gasteiger partial charge on any atom is -0.383 e. The Balaban J connectivity index is 2.37. The van der Waals surface area contributed by atoms with Crippen LogP contribution in [0.4, 0.5) is 4.79 Å². The summed E-state index contributed by atoms with van der Waals surface area (Å²) >= 11 is 0. The molecule has 0 spiro atoms. The highest BCUT2D eigenvalue weighted by Crippen LogP contribution is 2.16. The van der Waals surface area contributed by atoms with Gasteiger partial charge in [-0.25, -0.2) is 4.79 Å². The molecule has 0 aromatic heterocycles. The van der Waals surface area contributed by atoms with Crippen molar-refractivity contribution < 1.29 is 14.3 Å². The fourth-order valence-electron chi connectivity index (χ4n) is 1.90. The highest BCUT2D eigenvalue weighted by atomic mass is 16.5.